The number of hydrogen-bond donors (Lipinski definition) is 3. The summed E-state index contributed by atoms with van der Waals surface area (Å²) in [5.74, 6) is 0.368. The van der Waals surface area contributed by atoms with Gasteiger partial charge in [0.1, 0.15) is 5.84 Å². The fourth-order valence-corrected chi connectivity index (χ4v) is 2.00. The molecule has 5 heteroatoms. The summed E-state index contributed by atoms with van der Waals surface area (Å²) in [7, 11) is 0. The van der Waals surface area contributed by atoms with E-state index in [1.54, 1.807) is 0 Å². The molecule has 4 N–H and O–H groups in total. The number of rotatable bonds is 6. The van der Waals surface area contributed by atoms with Crippen molar-refractivity contribution in [2.24, 2.45) is 16.8 Å². The van der Waals surface area contributed by atoms with E-state index in [2.05, 4.69) is 22.3 Å². The molecule has 0 bridgehead atoms. The maximum Gasteiger partial charge on any atom is 0.143 e. The number of nitrogens with one attached hydrogen (secondary N) is 1. The van der Waals surface area contributed by atoms with E-state index >= 15 is 0 Å². The van der Waals surface area contributed by atoms with Crippen LogP contribution in [0.3, 0.4) is 0 Å². The molecule has 2 unspecified atom stereocenters. The van der Waals surface area contributed by atoms with Gasteiger partial charge >= 0.3 is 0 Å². The quantitative estimate of drug-likeness (QED) is 0.267. The molecule has 1 rings (SSSR count). The van der Waals surface area contributed by atoms with Crippen molar-refractivity contribution in [3.63, 3.8) is 0 Å². The Hall–Kier alpha value is -0.810. The highest BCUT2D eigenvalue weighted by molar-refractivity contribution is 5.82. The molecule has 0 radical (unpaired) electrons. The standard InChI is InChI=1S/C11H24N4O/c1-9(11(12)14-16)7-13-10(2)8-15-5-3-4-6-15/h9-10,13,16H,3-8H2,1-2H3,(H2,12,14). The van der Waals surface area contributed by atoms with Crippen molar-refractivity contribution >= 4 is 5.84 Å². The molecule has 0 amide bonds. The highest BCUT2D eigenvalue weighted by Crippen LogP contribution is 2.07. The Labute approximate surface area is 97.7 Å². The van der Waals surface area contributed by atoms with Crippen LogP contribution in [-0.2, 0) is 0 Å². The SMILES string of the molecule is CC(CN1CCCC1)NCC(C)C(N)=NO. The van der Waals surface area contributed by atoms with Gasteiger partial charge in [-0.05, 0) is 32.9 Å². The zero-order valence-corrected chi connectivity index (χ0v) is 10.3. The Morgan fingerprint density at radius 2 is 2.06 bits per heavy atom. The summed E-state index contributed by atoms with van der Waals surface area (Å²) in [5, 5.41) is 15.0. The first-order valence-electron chi connectivity index (χ1n) is 6.06. The number of nitrogens with two attached hydrogens (primary N) is 1. The zero-order valence-electron chi connectivity index (χ0n) is 10.3. The van der Waals surface area contributed by atoms with Gasteiger partial charge in [0.25, 0.3) is 0 Å². The number of oxime groups is 1. The third-order valence-electron chi connectivity index (χ3n) is 3.12. The predicted molar refractivity (Wildman–Crippen MR) is 65.7 cm³/mol. The summed E-state index contributed by atoms with van der Waals surface area (Å²) in [4.78, 5) is 2.48. The lowest BCUT2D eigenvalue weighted by molar-refractivity contribution is 0.294. The minimum absolute atomic E-state index is 0.0750. The zero-order chi connectivity index (χ0) is 12.0. The second kappa shape index (κ2) is 6.70. The lowest BCUT2D eigenvalue weighted by Gasteiger charge is -2.22. The van der Waals surface area contributed by atoms with Gasteiger partial charge in [-0.2, -0.15) is 0 Å². The van der Waals surface area contributed by atoms with Crippen LogP contribution < -0.4 is 11.1 Å². The molecular weight excluding hydrogens is 204 g/mol. The third-order valence-corrected chi connectivity index (χ3v) is 3.12. The Balaban J connectivity index is 2.16. The van der Waals surface area contributed by atoms with E-state index in [1.165, 1.54) is 25.9 Å². The molecule has 0 aromatic heterocycles. The molecule has 0 aliphatic carbocycles. The molecule has 5 nitrogen and oxygen atoms in total. The van der Waals surface area contributed by atoms with E-state index in [0.29, 0.717) is 11.9 Å². The van der Waals surface area contributed by atoms with E-state index in [4.69, 9.17) is 10.9 Å². The molecule has 1 saturated heterocycles. The Bertz CT molecular complexity index is 226. The lowest BCUT2D eigenvalue weighted by Crippen LogP contribution is -2.41. The minimum atomic E-state index is 0.0750. The minimum Gasteiger partial charge on any atom is -0.409 e. The molecule has 0 aromatic rings. The van der Waals surface area contributed by atoms with Crippen molar-refractivity contribution in [2.45, 2.75) is 32.7 Å². The van der Waals surface area contributed by atoms with Crippen LogP contribution in [0, 0.1) is 5.92 Å². The molecule has 16 heavy (non-hydrogen) atoms. The average molecular weight is 228 g/mol. The smallest absolute Gasteiger partial charge is 0.143 e. The van der Waals surface area contributed by atoms with Crippen LogP contribution in [0.1, 0.15) is 26.7 Å². The maximum absolute atomic E-state index is 8.53. The number of likely N-dealkylation sites (tertiary alicyclic amines) is 1. The normalized spacial score (nSPS) is 22.2. The fraction of sp³-hybridized carbons (Fsp3) is 0.909. The van der Waals surface area contributed by atoms with Crippen LogP contribution in [0.5, 0.6) is 0 Å². The number of amidine groups is 1. The predicted octanol–water partition coefficient (Wildman–Crippen LogP) is 0.443. The van der Waals surface area contributed by atoms with Gasteiger partial charge in [-0.1, -0.05) is 12.1 Å². The van der Waals surface area contributed by atoms with Crippen molar-refractivity contribution < 1.29 is 5.21 Å². The largest absolute Gasteiger partial charge is 0.409 e. The van der Waals surface area contributed by atoms with Gasteiger partial charge in [-0.25, -0.2) is 0 Å². The maximum atomic E-state index is 8.53. The van der Waals surface area contributed by atoms with E-state index in [9.17, 15) is 0 Å². The molecule has 94 valence electrons. The van der Waals surface area contributed by atoms with Gasteiger partial charge in [-0.3, -0.25) is 0 Å². The van der Waals surface area contributed by atoms with Crippen LogP contribution in [0.15, 0.2) is 5.16 Å². The molecular formula is C11H24N4O. The Morgan fingerprint density at radius 1 is 1.44 bits per heavy atom. The van der Waals surface area contributed by atoms with Crippen LogP contribution in [-0.4, -0.2) is 48.2 Å². The number of hydrogen-bond acceptors (Lipinski definition) is 4. The van der Waals surface area contributed by atoms with Crippen molar-refractivity contribution in [2.75, 3.05) is 26.2 Å². The molecule has 0 spiro atoms. The van der Waals surface area contributed by atoms with Crippen molar-refractivity contribution in [3.8, 4) is 0 Å². The summed E-state index contributed by atoms with van der Waals surface area (Å²) >= 11 is 0. The van der Waals surface area contributed by atoms with Crippen LogP contribution >= 0.6 is 0 Å². The molecule has 1 heterocycles. The number of nitrogens with zero attached hydrogens (tertiary/aromatic N) is 2. The van der Waals surface area contributed by atoms with Gasteiger partial charge in [0.15, 0.2) is 0 Å². The second-order valence-corrected chi connectivity index (χ2v) is 4.74. The van der Waals surface area contributed by atoms with Gasteiger partial charge in [0.05, 0.1) is 0 Å². The van der Waals surface area contributed by atoms with Crippen LogP contribution in [0.25, 0.3) is 0 Å². The summed E-state index contributed by atoms with van der Waals surface area (Å²) in [5.41, 5.74) is 5.52. The van der Waals surface area contributed by atoms with Gasteiger partial charge in [-0.15, -0.1) is 0 Å². The van der Waals surface area contributed by atoms with E-state index in [-0.39, 0.29) is 5.92 Å². The average Bonchev–Trinajstić information content (AvgIpc) is 2.77. The molecule has 0 saturated carbocycles. The summed E-state index contributed by atoms with van der Waals surface area (Å²) in [6, 6.07) is 0.451. The third kappa shape index (κ3) is 4.37. The van der Waals surface area contributed by atoms with Crippen molar-refractivity contribution in [1.82, 2.24) is 10.2 Å². The van der Waals surface area contributed by atoms with E-state index in [1.807, 2.05) is 6.92 Å². The first-order valence-corrected chi connectivity index (χ1v) is 6.06. The van der Waals surface area contributed by atoms with Gasteiger partial charge in [0, 0.05) is 25.0 Å². The van der Waals surface area contributed by atoms with Crippen LogP contribution in [0.4, 0.5) is 0 Å². The fourth-order valence-electron chi connectivity index (χ4n) is 2.00. The van der Waals surface area contributed by atoms with E-state index in [0.717, 1.165) is 13.1 Å². The monoisotopic (exact) mass is 228 g/mol. The summed E-state index contributed by atoms with van der Waals surface area (Å²) in [6.45, 7) is 8.42. The first-order chi connectivity index (χ1) is 7.63. The highest BCUT2D eigenvalue weighted by Gasteiger charge is 2.15. The van der Waals surface area contributed by atoms with Crippen molar-refractivity contribution in [3.05, 3.63) is 0 Å². The van der Waals surface area contributed by atoms with Gasteiger partial charge < -0.3 is 21.2 Å². The molecule has 2 atom stereocenters. The molecule has 1 aliphatic heterocycles. The van der Waals surface area contributed by atoms with Crippen molar-refractivity contribution in [1.29, 1.82) is 0 Å². The molecule has 0 aromatic carbocycles. The summed E-state index contributed by atoms with van der Waals surface area (Å²) < 4.78 is 0. The van der Waals surface area contributed by atoms with Crippen LogP contribution in [0.2, 0.25) is 0 Å². The Morgan fingerprint density at radius 3 is 2.62 bits per heavy atom. The highest BCUT2D eigenvalue weighted by atomic mass is 16.4. The van der Waals surface area contributed by atoms with E-state index < -0.39 is 0 Å². The lowest BCUT2D eigenvalue weighted by atomic mass is 10.1. The van der Waals surface area contributed by atoms with Gasteiger partial charge in [0.2, 0.25) is 0 Å². The summed E-state index contributed by atoms with van der Waals surface area (Å²) in [6.07, 6.45) is 2.65. The topological polar surface area (TPSA) is 73.9 Å². The molecule has 1 aliphatic rings. The molecule has 1 fully saturated rings. The Kier molecular flexibility index (Phi) is 5.55. The second-order valence-electron chi connectivity index (χ2n) is 4.74. The first kappa shape index (κ1) is 13.3.